The predicted octanol–water partition coefficient (Wildman–Crippen LogP) is 2.24. The molecule has 0 spiro atoms. The normalized spacial score (nSPS) is 11.8. The SMILES string of the molecule is CCCCC(N)C(=O)Nc1cccc(C(=O)OC)c1C. The number of rotatable bonds is 6. The molecule has 5 nitrogen and oxygen atoms in total. The zero-order valence-electron chi connectivity index (χ0n) is 12.2. The lowest BCUT2D eigenvalue weighted by Gasteiger charge is -2.14. The van der Waals surface area contributed by atoms with Crippen molar-refractivity contribution in [2.45, 2.75) is 39.2 Å². The minimum absolute atomic E-state index is 0.233. The Morgan fingerprint density at radius 2 is 2.10 bits per heavy atom. The standard InChI is InChI=1S/C15H22N2O3/c1-4-5-8-12(16)14(18)17-13-9-6-7-11(10(13)2)15(19)20-3/h6-7,9,12H,4-5,8,16H2,1-3H3,(H,17,18). The van der Waals surface area contributed by atoms with Gasteiger partial charge in [0.15, 0.2) is 0 Å². The van der Waals surface area contributed by atoms with Gasteiger partial charge < -0.3 is 15.8 Å². The van der Waals surface area contributed by atoms with E-state index in [2.05, 4.69) is 12.2 Å². The highest BCUT2D eigenvalue weighted by atomic mass is 16.5. The number of nitrogens with one attached hydrogen (secondary N) is 1. The van der Waals surface area contributed by atoms with Crippen LogP contribution in [0.4, 0.5) is 5.69 Å². The van der Waals surface area contributed by atoms with E-state index in [1.54, 1.807) is 25.1 Å². The second kappa shape index (κ2) is 7.65. The number of methoxy groups -OCH3 is 1. The molecule has 1 unspecified atom stereocenters. The molecule has 0 bridgehead atoms. The Morgan fingerprint density at radius 3 is 2.70 bits per heavy atom. The first kappa shape index (κ1) is 16.2. The Morgan fingerprint density at radius 1 is 1.40 bits per heavy atom. The Bertz CT molecular complexity index is 486. The van der Waals surface area contributed by atoms with Gasteiger partial charge in [0.25, 0.3) is 0 Å². The molecule has 1 rings (SSSR count). The van der Waals surface area contributed by atoms with E-state index in [4.69, 9.17) is 10.5 Å². The average Bonchev–Trinajstić information content (AvgIpc) is 2.45. The number of ether oxygens (including phenoxy) is 1. The third-order valence-electron chi connectivity index (χ3n) is 3.20. The molecule has 3 N–H and O–H groups in total. The molecule has 0 aliphatic heterocycles. The summed E-state index contributed by atoms with van der Waals surface area (Å²) in [6.07, 6.45) is 2.56. The molecule has 1 amide bonds. The summed E-state index contributed by atoms with van der Waals surface area (Å²) < 4.78 is 4.70. The highest BCUT2D eigenvalue weighted by molar-refractivity contribution is 5.98. The van der Waals surface area contributed by atoms with Gasteiger partial charge in [-0.1, -0.05) is 25.8 Å². The number of benzene rings is 1. The van der Waals surface area contributed by atoms with Gasteiger partial charge in [0.2, 0.25) is 5.91 Å². The van der Waals surface area contributed by atoms with Gasteiger partial charge in [0, 0.05) is 5.69 Å². The van der Waals surface area contributed by atoms with Gasteiger partial charge in [0.1, 0.15) is 0 Å². The first-order valence-corrected chi connectivity index (χ1v) is 6.75. The predicted molar refractivity (Wildman–Crippen MR) is 78.6 cm³/mol. The van der Waals surface area contributed by atoms with E-state index < -0.39 is 12.0 Å². The molecule has 1 aromatic carbocycles. The fraction of sp³-hybridized carbons (Fsp3) is 0.467. The van der Waals surface area contributed by atoms with Crippen LogP contribution in [0.1, 0.15) is 42.1 Å². The molecule has 110 valence electrons. The summed E-state index contributed by atoms with van der Waals surface area (Å²) in [4.78, 5) is 23.6. The van der Waals surface area contributed by atoms with Crippen molar-refractivity contribution in [3.8, 4) is 0 Å². The van der Waals surface area contributed by atoms with Gasteiger partial charge in [-0.25, -0.2) is 4.79 Å². The van der Waals surface area contributed by atoms with E-state index in [1.165, 1.54) is 7.11 Å². The minimum Gasteiger partial charge on any atom is -0.465 e. The summed E-state index contributed by atoms with van der Waals surface area (Å²) in [7, 11) is 1.33. The zero-order valence-corrected chi connectivity index (χ0v) is 12.2. The summed E-state index contributed by atoms with van der Waals surface area (Å²) in [5.74, 6) is -0.655. The molecule has 0 heterocycles. The molecule has 0 aliphatic rings. The summed E-state index contributed by atoms with van der Waals surface area (Å²) >= 11 is 0. The highest BCUT2D eigenvalue weighted by Gasteiger charge is 2.16. The number of hydrogen-bond donors (Lipinski definition) is 2. The number of amides is 1. The third-order valence-corrected chi connectivity index (χ3v) is 3.20. The van der Waals surface area contributed by atoms with Crippen molar-refractivity contribution in [1.82, 2.24) is 0 Å². The number of carbonyl (C=O) groups excluding carboxylic acids is 2. The second-order valence-corrected chi connectivity index (χ2v) is 4.71. The number of anilines is 1. The smallest absolute Gasteiger partial charge is 0.338 e. The molecule has 5 heteroatoms. The van der Waals surface area contributed by atoms with Crippen LogP contribution in [0.5, 0.6) is 0 Å². The monoisotopic (exact) mass is 278 g/mol. The maximum atomic E-state index is 12.0. The summed E-state index contributed by atoms with van der Waals surface area (Å²) in [6, 6.07) is 4.57. The van der Waals surface area contributed by atoms with Crippen molar-refractivity contribution in [3.05, 3.63) is 29.3 Å². The van der Waals surface area contributed by atoms with E-state index in [0.29, 0.717) is 23.2 Å². The molecule has 0 radical (unpaired) electrons. The van der Waals surface area contributed by atoms with Gasteiger partial charge >= 0.3 is 5.97 Å². The zero-order chi connectivity index (χ0) is 15.1. The van der Waals surface area contributed by atoms with Gasteiger partial charge in [-0.05, 0) is 31.0 Å². The Hall–Kier alpha value is -1.88. The second-order valence-electron chi connectivity index (χ2n) is 4.71. The van der Waals surface area contributed by atoms with Crippen molar-refractivity contribution in [2.75, 3.05) is 12.4 Å². The Balaban J connectivity index is 2.82. The Kier molecular flexibility index (Phi) is 6.18. The molecule has 20 heavy (non-hydrogen) atoms. The fourth-order valence-corrected chi connectivity index (χ4v) is 1.88. The lowest BCUT2D eigenvalue weighted by atomic mass is 10.1. The van der Waals surface area contributed by atoms with E-state index in [-0.39, 0.29) is 5.91 Å². The Labute approximate surface area is 119 Å². The molecule has 0 saturated carbocycles. The quantitative estimate of drug-likeness (QED) is 0.782. The molecule has 0 aromatic heterocycles. The molecule has 0 aliphatic carbocycles. The van der Waals surface area contributed by atoms with Gasteiger partial charge in [-0.15, -0.1) is 0 Å². The van der Waals surface area contributed by atoms with Gasteiger partial charge in [-0.2, -0.15) is 0 Å². The van der Waals surface area contributed by atoms with E-state index >= 15 is 0 Å². The number of carbonyl (C=O) groups is 2. The molecular formula is C15H22N2O3. The molecule has 1 atom stereocenters. The molecule has 1 aromatic rings. The van der Waals surface area contributed by atoms with Gasteiger partial charge in [0.05, 0.1) is 18.7 Å². The largest absolute Gasteiger partial charge is 0.465 e. The number of unbranched alkanes of at least 4 members (excludes halogenated alkanes) is 1. The fourth-order valence-electron chi connectivity index (χ4n) is 1.88. The summed E-state index contributed by atoms with van der Waals surface area (Å²) in [5.41, 5.74) is 7.52. The van der Waals surface area contributed by atoms with Crippen LogP contribution in [0.3, 0.4) is 0 Å². The van der Waals surface area contributed by atoms with Gasteiger partial charge in [-0.3, -0.25) is 4.79 Å². The van der Waals surface area contributed by atoms with Crippen molar-refractivity contribution in [2.24, 2.45) is 5.73 Å². The van der Waals surface area contributed by atoms with Crippen LogP contribution in [-0.4, -0.2) is 25.0 Å². The van der Waals surface area contributed by atoms with Crippen LogP contribution in [-0.2, 0) is 9.53 Å². The highest BCUT2D eigenvalue weighted by Crippen LogP contribution is 2.20. The lowest BCUT2D eigenvalue weighted by molar-refractivity contribution is -0.117. The first-order chi connectivity index (χ1) is 9.51. The molecular weight excluding hydrogens is 256 g/mol. The summed E-state index contributed by atoms with van der Waals surface area (Å²) in [6.45, 7) is 3.81. The first-order valence-electron chi connectivity index (χ1n) is 6.75. The van der Waals surface area contributed by atoms with E-state index in [0.717, 1.165) is 12.8 Å². The van der Waals surface area contributed by atoms with Crippen LogP contribution < -0.4 is 11.1 Å². The van der Waals surface area contributed by atoms with E-state index in [1.807, 2.05) is 0 Å². The maximum Gasteiger partial charge on any atom is 0.338 e. The minimum atomic E-state index is -0.531. The van der Waals surface area contributed by atoms with Crippen LogP contribution in [0.25, 0.3) is 0 Å². The van der Waals surface area contributed by atoms with Crippen molar-refractivity contribution in [1.29, 1.82) is 0 Å². The van der Waals surface area contributed by atoms with Crippen LogP contribution in [0, 0.1) is 6.92 Å². The van der Waals surface area contributed by atoms with Crippen LogP contribution in [0.15, 0.2) is 18.2 Å². The molecule has 0 fully saturated rings. The van der Waals surface area contributed by atoms with Crippen molar-refractivity contribution < 1.29 is 14.3 Å². The molecule has 0 saturated heterocycles. The van der Waals surface area contributed by atoms with Crippen molar-refractivity contribution >= 4 is 17.6 Å². The topological polar surface area (TPSA) is 81.4 Å². The average molecular weight is 278 g/mol. The maximum absolute atomic E-state index is 12.0. The van der Waals surface area contributed by atoms with E-state index in [9.17, 15) is 9.59 Å². The summed E-state index contributed by atoms with van der Waals surface area (Å²) in [5, 5.41) is 2.77. The number of hydrogen-bond acceptors (Lipinski definition) is 4. The number of nitrogens with two attached hydrogens (primary N) is 1. The van der Waals surface area contributed by atoms with Crippen LogP contribution in [0.2, 0.25) is 0 Å². The van der Waals surface area contributed by atoms with Crippen LogP contribution >= 0.6 is 0 Å². The number of esters is 1. The lowest BCUT2D eigenvalue weighted by Crippen LogP contribution is -2.35. The third kappa shape index (κ3) is 4.06. The van der Waals surface area contributed by atoms with Crippen molar-refractivity contribution in [3.63, 3.8) is 0 Å².